The van der Waals surface area contributed by atoms with Crippen LogP contribution in [0, 0.1) is 0 Å². The number of pyridine rings is 1. The maximum atomic E-state index is 12.3. The molecule has 116 valence electrons. The van der Waals surface area contributed by atoms with E-state index in [1.807, 2.05) is 12.1 Å². The SMILES string of the molecule is O=C(NCc1ccc(Cl)cc1)c1cnc2cc(Cl)ccc2c1O. The van der Waals surface area contributed by atoms with Gasteiger partial charge < -0.3 is 10.4 Å². The van der Waals surface area contributed by atoms with E-state index in [0.29, 0.717) is 27.5 Å². The minimum absolute atomic E-state index is 0.111. The Balaban J connectivity index is 1.82. The molecule has 0 spiro atoms. The number of carbonyl (C=O) groups excluding carboxylic acids is 1. The van der Waals surface area contributed by atoms with Gasteiger partial charge in [0.1, 0.15) is 11.3 Å². The highest BCUT2D eigenvalue weighted by Gasteiger charge is 2.14. The van der Waals surface area contributed by atoms with Crippen molar-refractivity contribution >= 4 is 40.0 Å². The Morgan fingerprint density at radius 2 is 1.78 bits per heavy atom. The number of benzene rings is 2. The van der Waals surface area contributed by atoms with Crippen LogP contribution in [0.2, 0.25) is 10.0 Å². The Hall–Kier alpha value is -2.30. The van der Waals surface area contributed by atoms with E-state index in [0.717, 1.165) is 5.56 Å². The maximum absolute atomic E-state index is 12.3. The topological polar surface area (TPSA) is 62.2 Å². The molecule has 0 aliphatic heterocycles. The standard InChI is InChI=1S/C17H12Cl2N2O2/c18-11-3-1-10(2-4-11)8-21-17(23)14-9-20-15-7-12(19)5-6-13(15)16(14)22/h1-7,9H,8H2,(H,20,22)(H,21,23). The summed E-state index contributed by atoms with van der Waals surface area (Å²) >= 11 is 11.7. The van der Waals surface area contributed by atoms with E-state index in [1.54, 1.807) is 30.3 Å². The molecule has 6 heteroatoms. The molecule has 0 unspecified atom stereocenters. The summed E-state index contributed by atoms with van der Waals surface area (Å²) in [4.78, 5) is 16.4. The second kappa shape index (κ2) is 6.44. The Morgan fingerprint density at radius 3 is 2.52 bits per heavy atom. The zero-order valence-corrected chi connectivity index (χ0v) is 13.4. The summed E-state index contributed by atoms with van der Waals surface area (Å²) in [5.74, 6) is -0.512. The lowest BCUT2D eigenvalue weighted by atomic mass is 10.1. The van der Waals surface area contributed by atoms with Gasteiger partial charge in [0.15, 0.2) is 0 Å². The van der Waals surface area contributed by atoms with Crippen LogP contribution < -0.4 is 5.32 Å². The molecule has 3 rings (SSSR count). The van der Waals surface area contributed by atoms with Crippen LogP contribution in [-0.2, 0) is 6.54 Å². The molecule has 0 saturated carbocycles. The van der Waals surface area contributed by atoms with Gasteiger partial charge in [-0.15, -0.1) is 0 Å². The molecule has 0 aliphatic carbocycles. The number of halogens is 2. The summed E-state index contributed by atoms with van der Waals surface area (Å²) in [6.45, 7) is 0.327. The van der Waals surface area contributed by atoms with E-state index in [9.17, 15) is 9.90 Å². The Morgan fingerprint density at radius 1 is 1.09 bits per heavy atom. The van der Waals surface area contributed by atoms with Gasteiger partial charge >= 0.3 is 0 Å². The lowest BCUT2D eigenvalue weighted by Crippen LogP contribution is -2.23. The van der Waals surface area contributed by atoms with Gasteiger partial charge in [-0.3, -0.25) is 9.78 Å². The maximum Gasteiger partial charge on any atom is 0.256 e. The van der Waals surface area contributed by atoms with Gasteiger partial charge in [-0.25, -0.2) is 0 Å². The van der Waals surface area contributed by atoms with Gasteiger partial charge in [0, 0.05) is 28.2 Å². The number of nitrogens with zero attached hydrogens (tertiary/aromatic N) is 1. The predicted octanol–water partition coefficient (Wildman–Crippen LogP) is 4.18. The molecule has 0 aliphatic rings. The van der Waals surface area contributed by atoms with E-state index < -0.39 is 5.91 Å². The van der Waals surface area contributed by atoms with Gasteiger partial charge in [-0.2, -0.15) is 0 Å². The summed E-state index contributed by atoms with van der Waals surface area (Å²) in [6.07, 6.45) is 1.34. The van der Waals surface area contributed by atoms with Gasteiger partial charge in [-0.1, -0.05) is 35.3 Å². The van der Waals surface area contributed by atoms with Crippen LogP contribution in [0.15, 0.2) is 48.7 Å². The molecular weight excluding hydrogens is 335 g/mol. The van der Waals surface area contributed by atoms with Gasteiger partial charge in [0.05, 0.1) is 5.52 Å². The average molecular weight is 347 g/mol. The zero-order valence-electron chi connectivity index (χ0n) is 11.9. The molecule has 2 N–H and O–H groups in total. The third-order valence-corrected chi connectivity index (χ3v) is 3.90. The molecule has 2 aromatic carbocycles. The van der Waals surface area contributed by atoms with E-state index in [-0.39, 0.29) is 11.3 Å². The number of carbonyl (C=O) groups is 1. The third-order valence-electron chi connectivity index (χ3n) is 3.41. The smallest absolute Gasteiger partial charge is 0.256 e. The number of amides is 1. The fraction of sp³-hybridized carbons (Fsp3) is 0.0588. The van der Waals surface area contributed by atoms with Crippen LogP contribution in [0.4, 0.5) is 0 Å². The quantitative estimate of drug-likeness (QED) is 0.747. The lowest BCUT2D eigenvalue weighted by molar-refractivity contribution is 0.0948. The highest BCUT2D eigenvalue weighted by molar-refractivity contribution is 6.31. The van der Waals surface area contributed by atoms with Crippen molar-refractivity contribution in [2.24, 2.45) is 0 Å². The van der Waals surface area contributed by atoms with Gasteiger partial charge in [0.25, 0.3) is 5.91 Å². The molecular formula is C17H12Cl2N2O2. The van der Waals surface area contributed by atoms with E-state index in [1.165, 1.54) is 6.20 Å². The van der Waals surface area contributed by atoms with Crippen LogP contribution in [0.25, 0.3) is 10.9 Å². The van der Waals surface area contributed by atoms with Crippen molar-refractivity contribution in [1.82, 2.24) is 10.3 Å². The molecule has 1 heterocycles. The minimum Gasteiger partial charge on any atom is -0.506 e. The van der Waals surface area contributed by atoms with Crippen LogP contribution in [0.1, 0.15) is 15.9 Å². The first-order valence-corrected chi connectivity index (χ1v) is 7.60. The second-order valence-corrected chi connectivity index (χ2v) is 5.86. The van der Waals surface area contributed by atoms with Crippen LogP contribution in [-0.4, -0.2) is 16.0 Å². The molecule has 4 nitrogen and oxygen atoms in total. The highest BCUT2D eigenvalue weighted by Crippen LogP contribution is 2.28. The number of nitrogens with one attached hydrogen (secondary N) is 1. The Labute approximate surface area is 142 Å². The number of rotatable bonds is 3. The van der Waals surface area contributed by atoms with Crippen molar-refractivity contribution in [3.05, 3.63) is 69.8 Å². The van der Waals surface area contributed by atoms with Crippen molar-refractivity contribution in [1.29, 1.82) is 0 Å². The van der Waals surface area contributed by atoms with Crippen molar-refractivity contribution in [2.45, 2.75) is 6.54 Å². The third kappa shape index (κ3) is 3.38. The Kier molecular flexibility index (Phi) is 4.37. The largest absolute Gasteiger partial charge is 0.506 e. The fourth-order valence-electron chi connectivity index (χ4n) is 2.20. The van der Waals surface area contributed by atoms with Crippen molar-refractivity contribution in [3.63, 3.8) is 0 Å². The second-order valence-electron chi connectivity index (χ2n) is 4.99. The molecule has 0 bridgehead atoms. The predicted molar refractivity (Wildman–Crippen MR) is 91.0 cm³/mol. The van der Waals surface area contributed by atoms with Gasteiger partial charge in [0.2, 0.25) is 0 Å². The summed E-state index contributed by atoms with van der Waals surface area (Å²) in [6, 6.07) is 12.1. The van der Waals surface area contributed by atoms with Crippen molar-refractivity contribution < 1.29 is 9.90 Å². The number of aromatic hydroxyl groups is 1. The van der Waals surface area contributed by atoms with Crippen LogP contribution >= 0.6 is 23.2 Å². The summed E-state index contributed by atoms with van der Waals surface area (Å²) in [5, 5.41) is 14.7. The summed E-state index contributed by atoms with van der Waals surface area (Å²) in [7, 11) is 0. The molecule has 1 amide bonds. The first kappa shape index (κ1) is 15.6. The number of hydrogen-bond acceptors (Lipinski definition) is 3. The number of fused-ring (bicyclic) bond motifs is 1. The molecule has 0 atom stereocenters. The van der Waals surface area contributed by atoms with E-state index in [2.05, 4.69) is 10.3 Å². The van der Waals surface area contributed by atoms with Gasteiger partial charge in [-0.05, 0) is 35.9 Å². The molecule has 23 heavy (non-hydrogen) atoms. The molecule has 0 fully saturated rings. The molecule has 1 aromatic heterocycles. The normalized spacial score (nSPS) is 10.7. The van der Waals surface area contributed by atoms with Crippen molar-refractivity contribution in [3.8, 4) is 5.75 Å². The molecule has 0 radical (unpaired) electrons. The summed E-state index contributed by atoms with van der Waals surface area (Å²) < 4.78 is 0. The Bertz CT molecular complexity index is 880. The fourth-order valence-corrected chi connectivity index (χ4v) is 2.49. The highest BCUT2D eigenvalue weighted by atomic mass is 35.5. The minimum atomic E-state index is -0.401. The molecule has 0 saturated heterocycles. The van der Waals surface area contributed by atoms with E-state index >= 15 is 0 Å². The number of aromatic nitrogens is 1. The van der Waals surface area contributed by atoms with Crippen LogP contribution in [0.3, 0.4) is 0 Å². The van der Waals surface area contributed by atoms with Crippen LogP contribution in [0.5, 0.6) is 5.75 Å². The molecule has 3 aromatic rings. The number of hydrogen-bond donors (Lipinski definition) is 2. The summed E-state index contributed by atoms with van der Waals surface area (Å²) in [5.41, 5.74) is 1.56. The lowest BCUT2D eigenvalue weighted by Gasteiger charge is -2.09. The zero-order chi connectivity index (χ0) is 16.4. The van der Waals surface area contributed by atoms with E-state index in [4.69, 9.17) is 23.2 Å². The first-order chi connectivity index (χ1) is 11.0. The first-order valence-electron chi connectivity index (χ1n) is 6.84. The monoisotopic (exact) mass is 346 g/mol. The average Bonchev–Trinajstić information content (AvgIpc) is 2.54. The van der Waals surface area contributed by atoms with Crippen molar-refractivity contribution in [2.75, 3.05) is 0 Å².